The zero-order valence-corrected chi connectivity index (χ0v) is 21.6. The summed E-state index contributed by atoms with van der Waals surface area (Å²) in [5, 5.41) is -0.253. The first kappa shape index (κ1) is 27.6. The average Bonchev–Trinajstić information content (AvgIpc) is 2.91. The van der Waals surface area contributed by atoms with Crippen molar-refractivity contribution in [2.75, 3.05) is 25.4 Å². The molecule has 198 valence electrons. The van der Waals surface area contributed by atoms with Gasteiger partial charge >= 0.3 is 6.18 Å². The van der Waals surface area contributed by atoms with Crippen molar-refractivity contribution < 1.29 is 17.9 Å². The van der Waals surface area contributed by atoms with E-state index in [0.29, 0.717) is 43.1 Å². The SMILES string of the molecule is Nc1cccc(OCCCN(Cc2cccc(C(F)(F)F)c2Cl)CC(c2ccccc2)c2ccccc2)c1. The lowest BCUT2D eigenvalue weighted by Crippen LogP contribution is -2.31. The van der Waals surface area contributed by atoms with Crippen molar-refractivity contribution in [3.8, 4) is 5.75 Å². The summed E-state index contributed by atoms with van der Waals surface area (Å²) < 4.78 is 46.5. The van der Waals surface area contributed by atoms with E-state index in [1.807, 2.05) is 48.5 Å². The summed E-state index contributed by atoms with van der Waals surface area (Å²) in [5.74, 6) is 0.709. The Bertz CT molecular complexity index is 1260. The lowest BCUT2D eigenvalue weighted by Gasteiger charge is -2.29. The lowest BCUT2D eigenvalue weighted by atomic mass is 9.90. The molecule has 0 spiro atoms. The van der Waals surface area contributed by atoms with E-state index in [1.54, 1.807) is 18.2 Å². The van der Waals surface area contributed by atoms with Crippen LogP contribution in [0.2, 0.25) is 5.02 Å². The van der Waals surface area contributed by atoms with Crippen LogP contribution in [0.3, 0.4) is 0 Å². The second kappa shape index (κ2) is 12.9. The van der Waals surface area contributed by atoms with Gasteiger partial charge in [-0.3, -0.25) is 4.90 Å². The third-order valence-corrected chi connectivity index (χ3v) is 6.81. The van der Waals surface area contributed by atoms with E-state index in [4.69, 9.17) is 22.1 Å². The van der Waals surface area contributed by atoms with Crippen molar-refractivity contribution in [1.29, 1.82) is 0 Å². The van der Waals surface area contributed by atoms with Crippen LogP contribution in [0.25, 0.3) is 0 Å². The molecule has 0 radical (unpaired) electrons. The van der Waals surface area contributed by atoms with E-state index >= 15 is 0 Å². The maximum Gasteiger partial charge on any atom is 0.417 e. The van der Waals surface area contributed by atoms with Gasteiger partial charge in [-0.15, -0.1) is 0 Å². The van der Waals surface area contributed by atoms with Crippen LogP contribution in [0.1, 0.15) is 34.6 Å². The summed E-state index contributed by atoms with van der Waals surface area (Å²) in [6, 6.07) is 31.6. The van der Waals surface area contributed by atoms with Crippen LogP contribution in [0, 0.1) is 0 Å². The fraction of sp³-hybridized carbons (Fsp3) is 0.226. The van der Waals surface area contributed by atoms with Crippen molar-refractivity contribution in [1.82, 2.24) is 4.90 Å². The van der Waals surface area contributed by atoms with Crippen molar-refractivity contribution >= 4 is 17.3 Å². The second-order valence-electron chi connectivity index (χ2n) is 9.16. The minimum Gasteiger partial charge on any atom is -0.493 e. The average molecular weight is 539 g/mol. The summed E-state index contributed by atoms with van der Waals surface area (Å²) >= 11 is 6.28. The third-order valence-electron chi connectivity index (χ3n) is 6.37. The lowest BCUT2D eigenvalue weighted by molar-refractivity contribution is -0.137. The molecular formula is C31H30ClF3N2O. The molecule has 38 heavy (non-hydrogen) atoms. The van der Waals surface area contributed by atoms with Gasteiger partial charge in [-0.05, 0) is 41.3 Å². The molecule has 4 rings (SSSR count). The highest BCUT2D eigenvalue weighted by molar-refractivity contribution is 6.32. The monoisotopic (exact) mass is 538 g/mol. The number of hydrogen-bond acceptors (Lipinski definition) is 3. The minimum atomic E-state index is -4.51. The second-order valence-corrected chi connectivity index (χ2v) is 9.54. The first-order chi connectivity index (χ1) is 18.3. The maximum atomic E-state index is 13.5. The molecule has 0 amide bonds. The zero-order chi connectivity index (χ0) is 27.0. The van der Waals surface area contributed by atoms with Crippen LogP contribution < -0.4 is 10.5 Å². The Morgan fingerprint density at radius 2 is 1.45 bits per heavy atom. The maximum absolute atomic E-state index is 13.5. The molecular weight excluding hydrogens is 509 g/mol. The Morgan fingerprint density at radius 3 is 2.05 bits per heavy atom. The van der Waals surface area contributed by atoms with Gasteiger partial charge < -0.3 is 10.5 Å². The third kappa shape index (κ3) is 7.53. The fourth-order valence-corrected chi connectivity index (χ4v) is 4.80. The van der Waals surface area contributed by atoms with Crippen LogP contribution in [-0.4, -0.2) is 24.6 Å². The molecule has 0 aliphatic rings. The standard InChI is InChI=1S/C31H30ClF3N2O/c32-30-25(14-7-17-29(30)31(33,34)35)21-37(18-9-19-38-27-16-8-15-26(36)20-27)22-28(23-10-3-1-4-11-23)24-12-5-2-6-13-24/h1-8,10-17,20,28H,9,18-19,21-22,36H2. The number of ether oxygens (including phenoxy) is 1. The zero-order valence-electron chi connectivity index (χ0n) is 20.9. The predicted octanol–water partition coefficient (Wildman–Crippen LogP) is 8.04. The molecule has 0 saturated heterocycles. The van der Waals surface area contributed by atoms with E-state index in [1.165, 1.54) is 6.07 Å². The number of rotatable bonds is 11. The van der Waals surface area contributed by atoms with Gasteiger partial charge in [-0.25, -0.2) is 0 Å². The van der Waals surface area contributed by atoms with Gasteiger partial charge in [0, 0.05) is 37.3 Å². The predicted molar refractivity (Wildman–Crippen MR) is 147 cm³/mol. The van der Waals surface area contributed by atoms with Gasteiger partial charge in [0.15, 0.2) is 0 Å². The van der Waals surface area contributed by atoms with Crippen LogP contribution in [0.15, 0.2) is 103 Å². The molecule has 0 bridgehead atoms. The number of nitrogen functional groups attached to an aromatic ring is 1. The Hall–Kier alpha value is -3.48. The van der Waals surface area contributed by atoms with Crippen LogP contribution in [-0.2, 0) is 12.7 Å². The Balaban J connectivity index is 1.57. The van der Waals surface area contributed by atoms with E-state index in [2.05, 4.69) is 29.2 Å². The van der Waals surface area contributed by atoms with Crippen molar-refractivity contribution in [3.05, 3.63) is 130 Å². The van der Waals surface area contributed by atoms with Gasteiger partial charge in [0.2, 0.25) is 0 Å². The van der Waals surface area contributed by atoms with Gasteiger partial charge in [-0.2, -0.15) is 13.2 Å². The summed E-state index contributed by atoms with van der Waals surface area (Å²) in [6.07, 6.45) is -3.85. The fourth-order valence-electron chi connectivity index (χ4n) is 4.51. The Labute approximate surface area is 226 Å². The van der Waals surface area contributed by atoms with E-state index < -0.39 is 11.7 Å². The molecule has 0 aliphatic heterocycles. The van der Waals surface area contributed by atoms with E-state index in [9.17, 15) is 13.2 Å². The number of alkyl halides is 3. The molecule has 7 heteroatoms. The Kier molecular flexibility index (Phi) is 9.32. The molecule has 0 heterocycles. The number of benzene rings is 4. The number of halogens is 4. The highest BCUT2D eigenvalue weighted by Gasteiger charge is 2.34. The van der Waals surface area contributed by atoms with Crippen molar-refractivity contribution in [2.45, 2.75) is 25.1 Å². The van der Waals surface area contributed by atoms with Crippen LogP contribution >= 0.6 is 11.6 Å². The summed E-state index contributed by atoms with van der Waals surface area (Å²) in [5.41, 5.74) is 8.36. The minimum absolute atomic E-state index is 0.0248. The molecule has 2 N–H and O–H groups in total. The highest BCUT2D eigenvalue weighted by atomic mass is 35.5. The highest BCUT2D eigenvalue weighted by Crippen LogP contribution is 2.37. The first-order valence-corrected chi connectivity index (χ1v) is 12.8. The number of hydrogen-bond donors (Lipinski definition) is 1. The van der Waals surface area contributed by atoms with Gasteiger partial charge in [-0.1, -0.05) is 90.5 Å². The number of nitrogens with zero attached hydrogens (tertiary/aromatic N) is 1. The summed E-state index contributed by atoms with van der Waals surface area (Å²) in [6.45, 7) is 1.92. The molecule has 0 aliphatic carbocycles. The molecule has 0 fully saturated rings. The molecule has 4 aromatic carbocycles. The van der Waals surface area contributed by atoms with Crippen molar-refractivity contribution in [3.63, 3.8) is 0 Å². The number of nitrogens with two attached hydrogens (primary N) is 1. The molecule has 3 nitrogen and oxygen atoms in total. The van der Waals surface area contributed by atoms with E-state index in [0.717, 1.165) is 17.2 Å². The van der Waals surface area contributed by atoms with Gasteiger partial charge in [0.05, 0.1) is 17.2 Å². The van der Waals surface area contributed by atoms with Gasteiger partial charge in [0.25, 0.3) is 0 Å². The van der Waals surface area contributed by atoms with Crippen LogP contribution in [0.5, 0.6) is 5.75 Å². The summed E-state index contributed by atoms with van der Waals surface area (Å²) in [7, 11) is 0. The van der Waals surface area contributed by atoms with Gasteiger partial charge in [0.1, 0.15) is 5.75 Å². The number of anilines is 1. The molecule has 0 aromatic heterocycles. The van der Waals surface area contributed by atoms with Crippen LogP contribution in [0.4, 0.5) is 18.9 Å². The van der Waals surface area contributed by atoms with Crippen molar-refractivity contribution in [2.24, 2.45) is 0 Å². The smallest absolute Gasteiger partial charge is 0.417 e. The molecule has 0 saturated carbocycles. The first-order valence-electron chi connectivity index (χ1n) is 12.5. The summed E-state index contributed by atoms with van der Waals surface area (Å²) in [4.78, 5) is 2.15. The largest absolute Gasteiger partial charge is 0.493 e. The Morgan fingerprint density at radius 1 is 0.816 bits per heavy atom. The molecule has 4 aromatic rings. The van der Waals surface area contributed by atoms with E-state index in [-0.39, 0.29) is 17.5 Å². The molecule has 0 atom stereocenters. The normalized spacial score (nSPS) is 11.7. The topological polar surface area (TPSA) is 38.5 Å². The quantitative estimate of drug-likeness (QED) is 0.155. The molecule has 0 unspecified atom stereocenters.